The van der Waals surface area contributed by atoms with Crippen LogP contribution in [0.5, 0.6) is 0 Å². The average molecular weight is 488 g/mol. The zero-order valence-corrected chi connectivity index (χ0v) is 20.7. The molecular weight excluding hydrogens is 454 g/mol. The Labute approximate surface area is 212 Å². The highest BCUT2D eigenvalue weighted by Gasteiger charge is 2.29. The predicted octanol–water partition coefficient (Wildman–Crippen LogP) is 3.52. The number of nitrogens with zero attached hydrogens (tertiary/aromatic N) is 2. The third-order valence-electron chi connectivity index (χ3n) is 6.98. The number of allylic oxidation sites excluding steroid dienone is 1. The van der Waals surface area contributed by atoms with Gasteiger partial charge in [0.2, 0.25) is 17.7 Å². The topological polar surface area (TPSA) is 86.8 Å². The molecule has 0 spiro atoms. The number of Topliss-reactive ketones (excluding diaryl/α,β-unsaturated/α-hetero) is 1. The third-order valence-corrected chi connectivity index (χ3v) is 6.98. The van der Waals surface area contributed by atoms with E-state index in [2.05, 4.69) is 5.32 Å². The van der Waals surface area contributed by atoms with Gasteiger partial charge in [0.05, 0.1) is 18.9 Å². The van der Waals surface area contributed by atoms with Crippen LogP contribution >= 0.6 is 0 Å². The smallest absolute Gasteiger partial charge is 0.227 e. The summed E-state index contributed by atoms with van der Waals surface area (Å²) in [6.07, 6.45) is 1.88. The maximum absolute atomic E-state index is 13.4. The van der Waals surface area contributed by atoms with Crippen LogP contribution in [0.2, 0.25) is 0 Å². The zero-order chi connectivity index (χ0) is 25.5. The molecule has 0 bridgehead atoms. The van der Waals surface area contributed by atoms with E-state index >= 15 is 0 Å². The highest BCUT2D eigenvalue weighted by Crippen LogP contribution is 2.33. The maximum atomic E-state index is 13.4. The van der Waals surface area contributed by atoms with Crippen molar-refractivity contribution in [1.29, 1.82) is 0 Å². The molecule has 1 unspecified atom stereocenters. The second kappa shape index (κ2) is 11.8. The molecule has 0 aromatic heterocycles. The van der Waals surface area contributed by atoms with Gasteiger partial charge in [-0.05, 0) is 29.5 Å². The van der Waals surface area contributed by atoms with Crippen LogP contribution in [-0.4, -0.2) is 59.5 Å². The molecule has 1 aliphatic heterocycles. The summed E-state index contributed by atoms with van der Waals surface area (Å²) in [5.41, 5.74) is 3.45. The van der Waals surface area contributed by atoms with Gasteiger partial charge in [0, 0.05) is 45.1 Å². The van der Waals surface area contributed by atoms with Crippen molar-refractivity contribution in [1.82, 2.24) is 15.1 Å². The first-order valence-electron chi connectivity index (χ1n) is 12.6. The number of amides is 3. The third kappa shape index (κ3) is 6.08. The SMILES string of the molecule is CC(=O)N1CCCN(C(=O)CC2=C(c3ccccc3)CCC2=O)CCNC(=O)CC1c1ccccc1. The Morgan fingerprint density at radius 1 is 0.917 bits per heavy atom. The van der Waals surface area contributed by atoms with Crippen LogP contribution in [0.4, 0.5) is 0 Å². The lowest BCUT2D eigenvalue weighted by Crippen LogP contribution is -2.39. The Bertz CT molecular complexity index is 1140. The average Bonchev–Trinajstić information content (AvgIpc) is 3.23. The predicted molar refractivity (Wildman–Crippen MR) is 138 cm³/mol. The van der Waals surface area contributed by atoms with Crippen molar-refractivity contribution in [2.75, 3.05) is 26.2 Å². The fraction of sp³-hybridized carbons (Fsp3) is 0.379. The van der Waals surface area contributed by atoms with Gasteiger partial charge in [-0.15, -0.1) is 0 Å². The molecule has 2 aromatic rings. The molecule has 1 fully saturated rings. The van der Waals surface area contributed by atoms with E-state index in [0.717, 1.165) is 16.7 Å². The number of nitrogens with one attached hydrogen (secondary N) is 1. The Balaban J connectivity index is 1.51. The number of hydrogen-bond acceptors (Lipinski definition) is 4. The highest BCUT2D eigenvalue weighted by atomic mass is 16.2. The van der Waals surface area contributed by atoms with E-state index in [0.29, 0.717) is 51.0 Å². The summed E-state index contributed by atoms with van der Waals surface area (Å²) in [5.74, 6) is -0.370. The molecule has 0 radical (unpaired) electrons. The van der Waals surface area contributed by atoms with E-state index in [1.165, 1.54) is 6.92 Å². The lowest BCUT2D eigenvalue weighted by molar-refractivity contribution is -0.133. The van der Waals surface area contributed by atoms with Gasteiger partial charge in [-0.3, -0.25) is 19.2 Å². The molecule has 2 aliphatic rings. The van der Waals surface area contributed by atoms with Gasteiger partial charge >= 0.3 is 0 Å². The van der Waals surface area contributed by atoms with Crippen LogP contribution in [0, 0.1) is 0 Å². The fourth-order valence-corrected chi connectivity index (χ4v) is 5.12. The van der Waals surface area contributed by atoms with Crippen LogP contribution in [0.25, 0.3) is 5.57 Å². The van der Waals surface area contributed by atoms with Crippen LogP contribution in [0.3, 0.4) is 0 Å². The van der Waals surface area contributed by atoms with E-state index in [9.17, 15) is 19.2 Å². The summed E-state index contributed by atoms with van der Waals surface area (Å²) >= 11 is 0. The Hall–Kier alpha value is -3.74. The Morgan fingerprint density at radius 2 is 1.61 bits per heavy atom. The largest absolute Gasteiger partial charge is 0.354 e. The zero-order valence-electron chi connectivity index (χ0n) is 20.7. The normalized spacial score (nSPS) is 19.6. The van der Waals surface area contributed by atoms with Gasteiger partial charge in [0.15, 0.2) is 5.78 Å². The molecule has 1 N–H and O–H groups in total. The number of hydrogen-bond donors (Lipinski definition) is 1. The first-order chi connectivity index (χ1) is 17.4. The van der Waals surface area contributed by atoms with Crippen LogP contribution < -0.4 is 5.32 Å². The lowest BCUT2D eigenvalue weighted by atomic mass is 9.99. The van der Waals surface area contributed by atoms with Crippen LogP contribution in [0.15, 0.2) is 66.2 Å². The molecule has 0 saturated carbocycles. The first-order valence-corrected chi connectivity index (χ1v) is 12.6. The second-order valence-corrected chi connectivity index (χ2v) is 9.35. The summed E-state index contributed by atoms with van der Waals surface area (Å²) in [7, 11) is 0. The molecule has 36 heavy (non-hydrogen) atoms. The maximum Gasteiger partial charge on any atom is 0.227 e. The van der Waals surface area contributed by atoms with E-state index in [4.69, 9.17) is 0 Å². The summed E-state index contributed by atoms with van der Waals surface area (Å²) in [4.78, 5) is 54.8. The minimum absolute atomic E-state index is 0.0295. The van der Waals surface area contributed by atoms with Gasteiger partial charge in [0.1, 0.15) is 0 Å². The number of rotatable bonds is 4. The van der Waals surface area contributed by atoms with Crippen molar-refractivity contribution >= 4 is 29.1 Å². The monoisotopic (exact) mass is 487 g/mol. The molecule has 2 aromatic carbocycles. The second-order valence-electron chi connectivity index (χ2n) is 9.35. The van der Waals surface area contributed by atoms with Gasteiger partial charge < -0.3 is 15.1 Å². The van der Waals surface area contributed by atoms with Gasteiger partial charge in [-0.25, -0.2) is 0 Å². The minimum atomic E-state index is -0.361. The molecule has 7 heteroatoms. The quantitative estimate of drug-likeness (QED) is 0.715. The molecule has 1 aliphatic carbocycles. The van der Waals surface area contributed by atoms with Crippen LogP contribution in [0.1, 0.15) is 56.2 Å². The molecule has 4 rings (SSSR count). The molecular formula is C29H33N3O4. The summed E-state index contributed by atoms with van der Waals surface area (Å²) in [6, 6.07) is 19.0. The molecule has 1 heterocycles. The van der Waals surface area contributed by atoms with Gasteiger partial charge in [0.25, 0.3) is 0 Å². The van der Waals surface area contributed by atoms with Crippen molar-refractivity contribution < 1.29 is 19.2 Å². The van der Waals surface area contributed by atoms with Crippen LogP contribution in [-0.2, 0) is 19.2 Å². The van der Waals surface area contributed by atoms with E-state index in [1.807, 2.05) is 60.7 Å². The van der Waals surface area contributed by atoms with E-state index in [-0.39, 0.29) is 42.4 Å². The number of benzene rings is 2. The van der Waals surface area contributed by atoms with Gasteiger partial charge in [-0.2, -0.15) is 0 Å². The van der Waals surface area contributed by atoms with E-state index < -0.39 is 0 Å². The van der Waals surface area contributed by atoms with Crippen molar-refractivity contribution in [2.24, 2.45) is 0 Å². The molecule has 1 saturated heterocycles. The molecule has 188 valence electrons. The fourth-order valence-electron chi connectivity index (χ4n) is 5.12. The number of carbonyl (C=O) groups excluding carboxylic acids is 4. The molecule has 7 nitrogen and oxygen atoms in total. The summed E-state index contributed by atoms with van der Waals surface area (Å²) < 4.78 is 0. The molecule has 1 atom stereocenters. The lowest BCUT2D eigenvalue weighted by Gasteiger charge is -2.31. The summed E-state index contributed by atoms with van der Waals surface area (Å²) in [6.45, 7) is 3.08. The van der Waals surface area contributed by atoms with Crippen molar-refractivity contribution in [3.8, 4) is 0 Å². The Morgan fingerprint density at radius 3 is 2.31 bits per heavy atom. The van der Waals surface area contributed by atoms with Crippen molar-refractivity contribution in [3.05, 3.63) is 77.4 Å². The van der Waals surface area contributed by atoms with Crippen molar-refractivity contribution in [3.63, 3.8) is 0 Å². The first kappa shape index (κ1) is 25.4. The minimum Gasteiger partial charge on any atom is -0.354 e. The highest BCUT2D eigenvalue weighted by molar-refractivity contribution is 6.10. The number of carbonyl (C=O) groups is 4. The van der Waals surface area contributed by atoms with Crippen molar-refractivity contribution in [2.45, 2.75) is 45.1 Å². The summed E-state index contributed by atoms with van der Waals surface area (Å²) in [5, 5.41) is 2.91. The Kier molecular flexibility index (Phi) is 8.31. The standard InChI is InChI=1S/C29H33N3O4/c1-21(33)32-17-8-16-31(18-15-30-28(35)20-26(32)23-11-6-3-7-12-23)29(36)19-25-24(13-14-27(25)34)22-9-4-2-5-10-22/h2-7,9-12,26H,8,13-20H2,1H3,(H,30,35). The van der Waals surface area contributed by atoms with Gasteiger partial charge in [-0.1, -0.05) is 60.7 Å². The number of ketones is 1. The van der Waals surface area contributed by atoms with E-state index in [1.54, 1.807) is 9.80 Å². The molecule has 3 amide bonds.